The zero-order chi connectivity index (χ0) is 20.1. The molecule has 0 saturated heterocycles. The maximum absolute atomic E-state index is 13.1. The lowest BCUT2D eigenvalue weighted by Gasteiger charge is -2.13. The maximum Gasteiger partial charge on any atom is 0.417 e. The van der Waals surface area contributed by atoms with Crippen LogP contribution in [0.2, 0.25) is 5.02 Å². The summed E-state index contributed by atoms with van der Waals surface area (Å²) < 4.78 is 46.8. The molecule has 144 valence electrons. The van der Waals surface area contributed by atoms with Crippen molar-refractivity contribution in [3.05, 3.63) is 63.4 Å². The molecule has 0 aliphatic heterocycles. The normalized spacial score (nSPS) is 12.2. The predicted molar refractivity (Wildman–Crippen MR) is 94.6 cm³/mol. The monoisotopic (exact) mass is 409 g/mol. The Kier molecular flexibility index (Phi) is 4.31. The molecule has 4 rings (SSSR count). The molecule has 3 heterocycles. The molecule has 0 bridgehead atoms. The van der Waals surface area contributed by atoms with Gasteiger partial charge in [-0.25, -0.2) is 4.98 Å². The average Bonchev–Trinajstić information content (AvgIpc) is 3.05. The Bertz CT molecular complexity index is 1270. The summed E-state index contributed by atoms with van der Waals surface area (Å²) in [6.07, 6.45) is -1.96. The van der Waals surface area contributed by atoms with Crippen LogP contribution in [-0.4, -0.2) is 31.3 Å². The summed E-state index contributed by atoms with van der Waals surface area (Å²) in [4.78, 5) is 21.2. The van der Waals surface area contributed by atoms with Gasteiger partial charge in [0.2, 0.25) is 0 Å². The van der Waals surface area contributed by atoms with Crippen LogP contribution in [-0.2, 0) is 17.5 Å². The quantitative estimate of drug-likeness (QED) is 0.519. The summed E-state index contributed by atoms with van der Waals surface area (Å²) in [7, 11) is 1.50. The molecule has 1 aromatic carbocycles. The fraction of sp³-hybridized carbons (Fsp3) is 0.176. The van der Waals surface area contributed by atoms with Crippen molar-refractivity contribution in [3.63, 3.8) is 0 Å². The van der Waals surface area contributed by atoms with Gasteiger partial charge in [0.05, 0.1) is 21.5 Å². The number of hydrogen-bond acceptors (Lipinski definition) is 5. The van der Waals surface area contributed by atoms with Gasteiger partial charge in [-0.1, -0.05) is 11.6 Å². The number of nitrogens with zero attached hydrogens (tertiary/aromatic N) is 5. The second-order valence-electron chi connectivity index (χ2n) is 5.88. The van der Waals surface area contributed by atoms with Gasteiger partial charge >= 0.3 is 6.18 Å². The van der Waals surface area contributed by atoms with Gasteiger partial charge in [-0.05, 0) is 24.3 Å². The summed E-state index contributed by atoms with van der Waals surface area (Å²) in [5, 5.41) is 3.97. The molecule has 0 unspecified atom stereocenters. The van der Waals surface area contributed by atoms with Crippen molar-refractivity contribution in [2.24, 2.45) is 0 Å². The standard InChI is InChI=1S/C17H11ClF3N5O2/c1-28-8-14-23-16-22-7-10-13(26(16)24-14)4-5-25(15(10)27)9-2-3-12(18)11(6-9)17(19,20)21/h2-7H,8H2,1H3. The lowest BCUT2D eigenvalue weighted by atomic mass is 10.2. The summed E-state index contributed by atoms with van der Waals surface area (Å²) in [6.45, 7) is 0.174. The van der Waals surface area contributed by atoms with Gasteiger partial charge in [0.1, 0.15) is 6.61 Å². The van der Waals surface area contributed by atoms with E-state index >= 15 is 0 Å². The first kappa shape index (κ1) is 18.4. The zero-order valence-electron chi connectivity index (χ0n) is 14.2. The Morgan fingerprint density at radius 3 is 2.75 bits per heavy atom. The molecular formula is C17H11ClF3N5O2. The van der Waals surface area contributed by atoms with E-state index in [0.29, 0.717) is 11.3 Å². The smallest absolute Gasteiger partial charge is 0.377 e. The van der Waals surface area contributed by atoms with E-state index in [-0.39, 0.29) is 23.5 Å². The third kappa shape index (κ3) is 3.00. The molecule has 0 spiro atoms. The van der Waals surface area contributed by atoms with Crippen molar-refractivity contribution >= 4 is 28.3 Å². The zero-order valence-corrected chi connectivity index (χ0v) is 15.0. The average molecular weight is 410 g/mol. The van der Waals surface area contributed by atoms with E-state index in [1.807, 2.05) is 0 Å². The lowest BCUT2D eigenvalue weighted by molar-refractivity contribution is -0.137. The number of aromatic nitrogens is 5. The van der Waals surface area contributed by atoms with Crippen LogP contribution in [0.4, 0.5) is 13.2 Å². The van der Waals surface area contributed by atoms with Gasteiger partial charge in [0.15, 0.2) is 5.82 Å². The van der Waals surface area contributed by atoms with Crippen LogP contribution >= 0.6 is 11.6 Å². The number of methoxy groups -OCH3 is 1. The molecule has 0 saturated carbocycles. The highest BCUT2D eigenvalue weighted by Gasteiger charge is 2.33. The second-order valence-corrected chi connectivity index (χ2v) is 6.29. The van der Waals surface area contributed by atoms with Crippen LogP contribution in [0.15, 0.2) is 41.5 Å². The molecule has 28 heavy (non-hydrogen) atoms. The number of alkyl halides is 3. The molecule has 0 aliphatic carbocycles. The van der Waals surface area contributed by atoms with Gasteiger partial charge in [-0.15, -0.1) is 5.10 Å². The molecule has 0 fully saturated rings. The topological polar surface area (TPSA) is 74.3 Å². The van der Waals surface area contributed by atoms with Crippen LogP contribution in [0.25, 0.3) is 22.4 Å². The first-order chi connectivity index (χ1) is 13.3. The number of halogens is 4. The van der Waals surface area contributed by atoms with Gasteiger partial charge in [-0.2, -0.15) is 22.7 Å². The molecule has 7 nitrogen and oxygen atoms in total. The Morgan fingerprint density at radius 1 is 1.25 bits per heavy atom. The van der Waals surface area contributed by atoms with Crippen molar-refractivity contribution in [2.45, 2.75) is 12.8 Å². The van der Waals surface area contributed by atoms with Crippen molar-refractivity contribution in [3.8, 4) is 5.69 Å². The minimum atomic E-state index is -4.64. The molecule has 0 aliphatic rings. The Labute approximate surface area is 160 Å². The first-order valence-electron chi connectivity index (χ1n) is 7.91. The molecule has 11 heteroatoms. The van der Waals surface area contributed by atoms with E-state index in [4.69, 9.17) is 16.3 Å². The highest BCUT2D eigenvalue weighted by Crippen LogP contribution is 2.35. The van der Waals surface area contributed by atoms with E-state index in [0.717, 1.165) is 16.7 Å². The van der Waals surface area contributed by atoms with Gasteiger partial charge < -0.3 is 4.74 Å². The van der Waals surface area contributed by atoms with E-state index in [2.05, 4.69) is 15.1 Å². The predicted octanol–water partition coefficient (Wildman–Crippen LogP) is 3.25. The number of benzene rings is 1. The fourth-order valence-corrected chi connectivity index (χ4v) is 3.06. The minimum absolute atomic E-state index is 0.0300. The lowest BCUT2D eigenvalue weighted by Crippen LogP contribution is -2.19. The van der Waals surface area contributed by atoms with E-state index in [1.165, 1.54) is 30.1 Å². The SMILES string of the molecule is COCc1nc2ncc3c(=O)n(-c4ccc(Cl)c(C(F)(F)F)c4)ccc3n2n1. The largest absolute Gasteiger partial charge is 0.417 e. The Hall–Kier alpha value is -2.98. The van der Waals surface area contributed by atoms with Gasteiger partial charge in [0.25, 0.3) is 11.3 Å². The summed E-state index contributed by atoms with van der Waals surface area (Å²) in [5.41, 5.74) is -1.12. The number of rotatable bonds is 3. The van der Waals surface area contributed by atoms with Gasteiger partial charge in [0, 0.05) is 25.2 Å². The van der Waals surface area contributed by atoms with Crippen molar-refractivity contribution in [2.75, 3.05) is 7.11 Å². The molecule has 0 atom stereocenters. The molecule has 0 N–H and O–H groups in total. The third-order valence-corrected chi connectivity index (χ3v) is 4.41. The Balaban J connectivity index is 1.91. The van der Waals surface area contributed by atoms with Crippen LogP contribution in [0.1, 0.15) is 11.4 Å². The summed E-state index contributed by atoms with van der Waals surface area (Å²) in [6, 6.07) is 4.82. The van der Waals surface area contributed by atoms with Crippen LogP contribution in [0, 0.1) is 0 Å². The van der Waals surface area contributed by atoms with Gasteiger partial charge in [-0.3, -0.25) is 9.36 Å². The van der Waals surface area contributed by atoms with E-state index < -0.39 is 22.3 Å². The fourth-order valence-electron chi connectivity index (χ4n) is 2.83. The van der Waals surface area contributed by atoms with Crippen molar-refractivity contribution in [1.29, 1.82) is 0 Å². The molecule has 0 amide bonds. The number of pyridine rings is 1. The highest BCUT2D eigenvalue weighted by atomic mass is 35.5. The molecule has 3 aromatic heterocycles. The second kappa shape index (κ2) is 6.57. The number of hydrogen-bond donors (Lipinski definition) is 0. The van der Waals surface area contributed by atoms with Crippen molar-refractivity contribution < 1.29 is 17.9 Å². The summed E-state index contributed by atoms with van der Waals surface area (Å²) >= 11 is 5.65. The maximum atomic E-state index is 13.1. The van der Waals surface area contributed by atoms with Crippen LogP contribution < -0.4 is 5.56 Å². The molecular weight excluding hydrogens is 399 g/mol. The Morgan fingerprint density at radius 2 is 2.04 bits per heavy atom. The number of ether oxygens (including phenoxy) is 1. The first-order valence-corrected chi connectivity index (χ1v) is 8.29. The number of fused-ring (bicyclic) bond motifs is 3. The molecule has 4 aromatic rings. The summed E-state index contributed by atoms with van der Waals surface area (Å²) in [5.74, 6) is 0.668. The van der Waals surface area contributed by atoms with Crippen LogP contribution in [0.3, 0.4) is 0 Å². The van der Waals surface area contributed by atoms with Crippen LogP contribution in [0.5, 0.6) is 0 Å². The van der Waals surface area contributed by atoms with E-state index in [9.17, 15) is 18.0 Å². The highest BCUT2D eigenvalue weighted by molar-refractivity contribution is 6.31. The third-order valence-electron chi connectivity index (χ3n) is 4.08. The minimum Gasteiger partial charge on any atom is -0.377 e. The molecule has 0 radical (unpaired) electrons. The van der Waals surface area contributed by atoms with Crippen molar-refractivity contribution in [1.82, 2.24) is 24.1 Å². The van der Waals surface area contributed by atoms with E-state index in [1.54, 1.807) is 6.07 Å².